The smallest absolute Gasteiger partial charge is 0.191 e. The Labute approximate surface area is 145 Å². The van der Waals surface area contributed by atoms with Gasteiger partial charge in [-0.15, -0.1) is 11.3 Å². The average molecular weight is 337 g/mol. The molecule has 0 amide bonds. The number of nitrogens with zero attached hydrogens (tertiary/aromatic N) is 2. The molecular weight excluding hydrogens is 304 g/mol. The van der Waals surface area contributed by atoms with Crippen molar-refractivity contribution < 1.29 is 0 Å². The highest BCUT2D eigenvalue weighted by Crippen LogP contribution is 2.18. The fraction of sp³-hybridized carbons (Fsp3) is 0.722. The molecule has 2 rings (SSSR count). The van der Waals surface area contributed by atoms with Crippen molar-refractivity contribution in [3.63, 3.8) is 0 Å². The minimum absolute atomic E-state index is 0.483. The van der Waals surface area contributed by atoms with Crippen molar-refractivity contribution in [1.82, 2.24) is 15.5 Å². The molecular formula is C18H32N4S. The zero-order chi connectivity index (χ0) is 16.8. The van der Waals surface area contributed by atoms with Crippen LogP contribution in [-0.4, -0.2) is 49.6 Å². The van der Waals surface area contributed by atoms with Crippen LogP contribution in [0.2, 0.25) is 0 Å². The summed E-state index contributed by atoms with van der Waals surface area (Å²) in [7, 11) is 1.86. The van der Waals surface area contributed by atoms with Gasteiger partial charge in [0.15, 0.2) is 5.96 Å². The third-order valence-corrected chi connectivity index (χ3v) is 5.56. The van der Waals surface area contributed by atoms with Crippen LogP contribution in [0.3, 0.4) is 0 Å². The molecule has 23 heavy (non-hydrogen) atoms. The zero-order valence-corrected chi connectivity index (χ0v) is 16.0. The van der Waals surface area contributed by atoms with Gasteiger partial charge in [-0.3, -0.25) is 9.89 Å². The standard InChI is InChI=1S/C18H32N4S/c1-13(2)22-11-15(4)17(12-22)21-18(19-5)20-10-14(3)9-16-7-6-8-23-16/h6-8,13-15,17H,9-12H2,1-5H3,(H2,19,20,21). The van der Waals surface area contributed by atoms with Crippen molar-refractivity contribution >= 4 is 17.3 Å². The lowest BCUT2D eigenvalue weighted by Gasteiger charge is -2.22. The van der Waals surface area contributed by atoms with Crippen LogP contribution >= 0.6 is 11.3 Å². The molecule has 1 fully saturated rings. The Hall–Kier alpha value is -1.07. The fourth-order valence-electron chi connectivity index (χ4n) is 3.10. The first kappa shape index (κ1) is 18.3. The molecule has 0 bridgehead atoms. The van der Waals surface area contributed by atoms with Crippen molar-refractivity contribution in [2.75, 3.05) is 26.7 Å². The van der Waals surface area contributed by atoms with Crippen LogP contribution in [0.15, 0.2) is 22.5 Å². The van der Waals surface area contributed by atoms with Crippen LogP contribution in [0.1, 0.15) is 32.6 Å². The number of guanidine groups is 1. The van der Waals surface area contributed by atoms with Gasteiger partial charge in [0.1, 0.15) is 0 Å². The number of hydrogen-bond acceptors (Lipinski definition) is 3. The normalized spacial score (nSPS) is 24.2. The van der Waals surface area contributed by atoms with Gasteiger partial charge in [-0.1, -0.05) is 19.9 Å². The van der Waals surface area contributed by atoms with Gasteiger partial charge in [-0.2, -0.15) is 0 Å². The molecule has 2 heterocycles. The summed E-state index contributed by atoms with van der Waals surface area (Å²) >= 11 is 1.84. The van der Waals surface area contributed by atoms with Gasteiger partial charge in [0.2, 0.25) is 0 Å². The number of aliphatic imine (C=N–C) groups is 1. The molecule has 5 heteroatoms. The molecule has 130 valence electrons. The van der Waals surface area contributed by atoms with E-state index < -0.39 is 0 Å². The highest BCUT2D eigenvalue weighted by molar-refractivity contribution is 7.09. The van der Waals surface area contributed by atoms with Crippen molar-refractivity contribution in [2.45, 2.75) is 46.2 Å². The third kappa shape index (κ3) is 5.50. The van der Waals surface area contributed by atoms with Crippen LogP contribution in [0.4, 0.5) is 0 Å². The maximum atomic E-state index is 4.40. The Kier molecular flexibility index (Phi) is 6.90. The Morgan fingerprint density at radius 2 is 2.17 bits per heavy atom. The molecule has 0 radical (unpaired) electrons. The van der Waals surface area contributed by atoms with Gasteiger partial charge < -0.3 is 10.6 Å². The van der Waals surface area contributed by atoms with E-state index >= 15 is 0 Å². The lowest BCUT2D eigenvalue weighted by Crippen LogP contribution is -2.47. The van der Waals surface area contributed by atoms with Gasteiger partial charge in [0.25, 0.3) is 0 Å². The minimum Gasteiger partial charge on any atom is -0.356 e. The number of nitrogens with one attached hydrogen (secondary N) is 2. The van der Waals surface area contributed by atoms with E-state index in [1.54, 1.807) is 0 Å². The van der Waals surface area contributed by atoms with Crippen LogP contribution in [0.5, 0.6) is 0 Å². The second kappa shape index (κ2) is 8.69. The molecule has 1 aliphatic heterocycles. The Morgan fingerprint density at radius 3 is 2.74 bits per heavy atom. The van der Waals surface area contributed by atoms with E-state index in [0.29, 0.717) is 23.9 Å². The zero-order valence-electron chi connectivity index (χ0n) is 15.2. The summed E-state index contributed by atoms with van der Waals surface area (Å²) in [6, 6.07) is 5.44. The van der Waals surface area contributed by atoms with Gasteiger partial charge in [0.05, 0.1) is 0 Å². The molecule has 1 aromatic rings. The van der Waals surface area contributed by atoms with Crippen molar-refractivity contribution in [3.8, 4) is 0 Å². The van der Waals surface area contributed by atoms with Gasteiger partial charge in [-0.25, -0.2) is 0 Å². The summed E-state index contributed by atoms with van der Waals surface area (Å²) in [6.45, 7) is 12.4. The SMILES string of the molecule is CN=C(NCC(C)Cc1cccs1)NC1CN(C(C)C)CC1C. The largest absolute Gasteiger partial charge is 0.356 e. The molecule has 1 aliphatic rings. The molecule has 3 atom stereocenters. The highest BCUT2D eigenvalue weighted by atomic mass is 32.1. The van der Waals surface area contributed by atoms with E-state index in [2.05, 4.69) is 65.7 Å². The lowest BCUT2D eigenvalue weighted by atomic mass is 10.1. The molecule has 4 nitrogen and oxygen atoms in total. The summed E-state index contributed by atoms with van der Waals surface area (Å²) in [6.07, 6.45) is 1.13. The number of rotatable bonds is 6. The maximum absolute atomic E-state index is 4.40. The lowest BCUT2D eigenvalue weighted by molar-refractivity contribution is 0.265. The van der Waals surface area contributed by atoms with Crippen molar-refractivity contribution in [1.29, 1.82) is 0 Å². The van der Waals surface area contributed by atoms with Crippen LogP contribution < -0.4 is 10.6 Å². The Bertz CT molecular complexity index is 483. The summed E-state index contributed by atoms with van der Waals surface area (Å²) in [5.41, 5.74) is 0. The first-order valence-corrected chi connectivity index (χ1v) is 9.61. The van der Waals surface area contributed by atoms with Crippen LogP contribution in [0.25, 0.3) is 0 Å². The Balaban J connectivity index is 1.77. The van der Waals surface area contributed by atoms with Crippen molar-refractivity contribution in [2.24, 2.45) is 16.8 Å². The minimum atomic E-state index is 0.483. The molecule has 0 spiro atoms. The van der Waals surface area contributed by atoms with Gasteiger partial charge >= 0.3 is 0 Å². The predicted octanol–water partition coefficient (Wildman–Crippen LogP) is 2.82. The number of thiophene rings is 1. The third-order valence-electron chi connectivity index (χ3n) is 4.66. The topological polar surface area (TPSA) is 39.7 Å². The number of likely N-dealkylation sites (tertiary alicyclic amines) is 1. The number of hydrogen-bond donors (Lipinski definition) is 2. The fourth-order valence-corrected chi connectivity index (χ4v) is 3.97. The monoisotopic (exact) mass is 336 g/mol. The van der Waals surface area contributed by atoms with Gasteiger partial charge in [-0.05, 0) is 43.6 Å². The Morgan fingerprint density at radius 1 is 1.39 bits per heavy atom. The van der Waals surface area contributed by atoms with Gasteiger partial charge in [0, 0.05) is 43.6 Å². The molecule has 0 aliphatic carbocycles. The van der Waals surface area contributed by atoms with E-state index in [1.807, 2.05) is 18.4 Å². The molecule has 0 saturated carbocycles. The first-order chi connectivity index (χ1) is 11.0. The van der Waals surface area contributed by atoms with E-state index in [-0.39, 0.29) is 0 Å². The second-order valence-corrected chi connectivity index (χ2v) is 8.15. The highest BCUT2D eigenvalue weighted by Gasteiger charge is 2.31. The summed E-state index contributed by atoms with van der Waals surface area (Å²) < 4.78 is 0. The molecule has 2 N–H and O–H groups in total. The van der Waals surface area contributed by atoms with E-state index in [1.165, 1.54) is 11.4 Å². The average Bonchev–Trinajstić information content (AvgIpc) is 3.13. The molecule has 0 aromatic carbocycles. The molecule has 3 unspecified atom stereocenters. The first-order valence-electron chi connectivity index (χ1n) is 8.73. The summed E-state index contributed by atoms with van der Waals surface area (Å²) in [5, 5.41) is 9.26. The van der Waals surface area contributed by atoms with E-state index in [4.69, 9.17) is 0 Å². The maximum Gasteiger partial charge on any atom is 0.191 e. The summed E-state index contributed by atoms with van der Waals surface area (Å²) in [4.78, 5) is 8.40. The van der Waals surface area contributed by atoms with Crippen molar-refractivity contribution in [3.05, 3.63) is 22.4 Å². The molecule has 1 aromatic heterocycles. The van der Waals surface area contributed by atoms with Crippen LogP contribution in [0, 0.1) is 11.8 Å². The molecule has 1 saturated heterocycles. The second-order valence-electron chi connectivity index (χ2n) is 7.12. The quantitative estimate of drug-likeness (QED) is 0.620. The van der Waals surface area contributed by atoms with E-state index in [0.717, 1.165) is 25.5 Å². The predicted molar refractivity (Wildman–Crippen MR) is 101 cm³/mol. The summed E-state index contributed by atoms with van der Waals surface area (Å²) in [5.74, 6) is 2.19. The van der Waals surface area contributed by atoms with Crippen LogP contribution in [-0.2, 0) is 6.42 Å². The van der Waals surface area contributed by atoms with E-state index in [9.17, 15) is 0 Å².